The summed E-state index contributed by atoms with van der Waals surface area (Å²) >= 11 is 0. The number of H-pyrrole nitrogens is 1. The minimum absolute atomic E-state index is 0.0292. The van der Waals surface area contributed by atoms with Crippen LogP contribution in [0.25, 0.3) is 0 Å². The van der Waals surface area contributed by atoms with E-state index < -0.39 is 12.1 Å². The van der Waals surface area contributed by atoms with Crippen LogP contribution in [-0.2, 0) is 20.8 Å². The van der Waals surface area contributed by atoms with Crippen LogP contribution in [0.5, 0.6) is 0 Å². The van der Waals surface area contributed by atoms with Crippen molar-refractivity contribution >= 4 is 24.1 Å². The molecule has 1 atom stereocenters. The van der Waals surface area contributed by atoms with Crippen LogP contribution >= 0.6 is 0 Å². The molecule has 0 fully saturated rings. The van der Waals surface area contributed by atoms with E-state index in [0.717, 1.165) is 0 Å². The van der Waals surface area contributed by atoms with Gasteiger partial charge in [-0.05, 0) is 25.0 Å². The first kappa shape index (κ1) is 35.0. The number of nitrogens with two attached hydrogens (primary N) is 1. The van der Waals surface area contributed by atoms with Gasteiger partial charge in [0.2, 0.25) is 11.9 Å². The molecule has 14 nitrogen and oxygen atoms in total. The first-order valence-electron chi connectivity index (χ1n) is 12.1. The Morgan fingerprint density at radius 3 is 2.50 bits per heavy atom. The van der Waals surface area contributed by atoms with Gasteiger partial charge in [-0.1, -0.05) is 18.2 Å². The summed E-state index contributed by atoms with van der Waals surface area (Å²) in [7, 11) is 0. The molecule has 1 aliphatic heterocycles. The van der Waals surface area contributed by atoms with Gasteiger partial charge in [-0.15, -0.1) is 0 Å². The third kappa shape index (κ3) is 15.6. The second kappa shape index (κ2) is 18.4. The van der Waals surface area contributed by atoms with Crippen LogP contribution < -0.4 is 27.4 Å². The monoisotopic (exact) mass is 601 g/mol. The van der Waals surface area contributed by atoms with E-state index in [9.17, 15) is 27.2 Å². The zero-order valence-electron chi connectivity index (χ0n) is 22.3. The van der Waals surface area contributed by atoms with Gasteiger partial charge in [-0.3, -0.25) is 24.8 Å². The number of rotatable bonds is 10. The molecular weight excluding hydrogens is 570 g/mol. The molecule has 1 aromatic heterocycles. The number of amides is 1. The predicted molar refractivity (Wildman–Crippen MR) is 143 cm³/mol. The predicted octanol–water partition coefficient (Wildman–Crippen LogP) is 0.466. The average molecular weight is 602 g/mol. The van der Waals surface area contributed by atoms with Gasteiger partial charge < -0.3 is 31.4 Å². The van der Waals surface area contributed by atoms with Crippen molar-refractivity contribution in [3.63, 3.8) is 0 Å². The summed E-state index contributed by atoms with van der Waals surface area (Å²) in [6.07, 6.45) is 3.20. The molecule has 18 heteroatoms. The van der Waals surface area contributed by atoms with Crippen molar-refractivity contribution in [2.24, 2.45) is 10.7 Å². The Morgan fingerprint density at radius 2 is 1.95 bits per heavy atom. The number of alkyl halides is 3. The molecule has 0 spiro atoms. The Balaban J connectivity index is 0.000000513. The SMILES string of the molecule is CC1C=NC(NCCc2ccccc2F)=CN1CC(=O)NCCONC(=N)N.O=C(O)C(F)(F)F.O=c1cncc[nH]1. The lowest BCUT2D eigenvalue weighted by Crippen LogP contribution is -2.43. The van der Waals surface area contributed by atoms with Crippen molar-refractivity contribution in [2.75, 3.05) is 26.2 Å². The number of aromatic amines is 1. The van der Waals surface area contributed by atoms with Gasteiger partial charge >= 0.3 is 12.1 Å². The van der Waals surface area contributed by atoms with Crippen LogP contribution in [0, 0.1) is 11.2 Å². The largest absolute Gasteiger partial charge is 0.490 e. The number of aromatic nitrogens is 2. The maximum absolute atomic E-state index is 13.6. The van der Waals surface area contributed by atoms with Crippen molar-refractivity contribution in [2.45, 2.75) is 25.6 Å². The summed E-state index contributed by atoms with van der Waals surface area (Å²) in [5, 5.41) is 19.9. The Morgan fingerprint density at radius 1 is 1.26 bits per heavy atom. The molecule has 1 aromatic carbocycles. The minimum Gasteiger partial charge on any atom is -0.475 e. The van der Waals surface area contributed by atoms with E-state index >= 15 is 0 Å². The Labute approximate surface area is 237 Å². The summed E-state index contributed by atoms with van der Waals surface area (Å²) in [5.74, 6) is -2.83. The normalized spacial score (nSPS) is 13.8. The average Bonchev–Trinajstić information content (AvgIpc) is 2.92. The molecule has 230 valence electrons. The third-order valence-corrected chi connectivity index (χ3v) is 4.75. The number of nitrogens with one attached hydrogen (secondary N) is 5. The fraction of sp³-hybridized carbons (Fsp3) is 0.333. The van der Waals surface area contributed by atoms with Gasteiger partial charge in [0.15, 0.2) is 0 Å². The second-order valence-electron chi connectivity index (χ2n) is 8.09. The molecule has 1 unspecified atom stereocenters. The number of aliphatic carboxylic acids is 1. The fourth-order valence-corrected chi connectivity index (χ4v) is 2.79. The fourth-order valence-electron chi connectivity index (χ4n) is 2.79. The molecule has 2 aromatic rings. The quantitative estimate of drug-likeness (QED) is 0.0658. The number of hydroxylamine groups is 1. The number of nitrogens with zero attached hydrogens (tertiary/aromatic N) is 3. The number of guanidine groups is 1. The molecule has 0 radical (unpaired) electrons. The smallest absolute Gasteiger partial charge is 0.475 e. The molecule has 3 rings (SSSR count). The van der Waals surface area contributed by atoms with Gasteiger partial charge in [0.05, 0.1) is 25.4 Å². The Kier molecular flexibility index (Phi) is 15.3. The highest BCUT2D eigenvalue weighted by Crippen LogP contribution is 2.13. The first-order chi connectivity index (χ1) is 19.8. The lowest BCUT2D eigenvalue weighted by Gasteiger charge is -2.28. The number of aliphatic imine (C=N–C) groups is 1. The number of carbonyl (C=O) groups excluding carboxylic acids is 1. The molecule has 2 heterocycles. The van der Waals surface area contributed by atoms with E-state index in [0.29, 0.717) is 24.4 Å². The minimum atomic E-state index is -5.08. The molecule has 1 amide bonds. The van der Waals surface area contributed by atoms with Crippen LogP contribution in [0.1, 0.15) is 12.5 Å². The molecule has 1 aliphatic rings. The Hall–Kier alpha value is -5.00. The summed E-state index contributed by atoms with van der Waals surface area (Å²) in [5.41, 5.74) is 7.74. The van der Waals surface area contributed by atoms with Gasteiger partial charge in [0.1, 0.15) is 11.6 Å². The highest BCUT2D eigenvalue weighted by atomic mass is 19.4. The van der Waals surface area contributed by atoms with Crippen molar-refractivity contribution in [3.05, 3.63) is 76.6 Å². The molecule has 0 saturated carbocycles. The van der Waals surface area contributed by atoms with Gasteiger partial charge in [-0.25, -0.2) is 19.7 Å². The van der Waals surface area contributed by atoms with Crippen molar-refractivity contribution in [3.8, 4) is 0 Å². The van der Waals surface area contributed by atoms with Gasteiger partial charge in [0.25, 0.3) is 5.56 Å². The van der Waals surface area contributed by atoms with Crippen LogP contribution in [0.15, 0.2) is 64.7 Å². The van der Waals surface area contributed by atoms with E-state index in [2.05, 4.69) is 31.1 Å². The number of hydrogen-bond donors (Lipinski definition) is 7. The van der Waals surface area contributed by atoms with E-state index in [1.165, 1.54) is 24.7 Å². The highest BCUT2D eigenvalue weighted by Gasteiger charge is 2.38. The zero-order chi connectivity index (χ0) is 31.5. The van der Waals surface area contributed by atoms with Crippen molar-refractivity contribution < 1.29 is 37.1 Å². The standard InChI is InChI=1S/C18H26FN7O2.C4H4N2O.C2HF3O2/c1-13-10-24-16(22-7-6-14-4-2-3-5-15(14)19)11-26(13)12-17(27)23-8-9-28-25-18(20)21;7-4-3-5-1-2-6-4;3-2(4,5)1(6)7/h2-5,10-11,13,22H,6-9,12H2,1H3,(H,23,27)(H4,20,21,25);1-3H,(H,6,7);(H,6,7). The summed E-state index contributed by atoms with van der Waals surface area (Å²) in [4.78, 5) is 48.1. The molecule has 0 bridgehead atoms. The first-order valence-corrected chi connectivity index (χ1v) is 12.1. The highest BCUT2D eigenvalue weighted by molar-refractivity contribution is 5.79. The molecule has 42 heavy (non-hydrogen) atoms. The van der Waals surface area contributed by atoms with Gasteiger partial charge in [-0.2, -0.15) is 13.2 Å². The van der Waals surface area contributed by atoms with Crippen molar-refractivity contribution in [1.82, 2.24) is 31.0 Å². The van der Waals surface area contributed by atoms with Gasteiger partial charge in [0, 0.05) is 37.9 Å². The van der Waals surface area contributed by atoms with Crippen LogP contribution in [-0.4, -0.2) is 82.5 Å². The summed E-state index contributed by atoms with van der Waals surface area (Å²) in [6, 6.07) is 6.63. The number of carboxylic acids is 1. The Bertz CT molecular complexity index is 1250. The topological polar surface area (TPSA) is 211 Å². The number of carbonyl (C=O) groups is 2. The molecule has 0 aliphatic carbocycles. The van der Waals surface area contributed by atoms with E-state index in [1.54, 1.807) is 30.6 Å². The van der Waals surface area contributed by atoms with E-state index in [4.69, 9.17) is 25.9 Å². The molecule has 8 N–H and O–H groups in total. The summed E-state index contributed by atoms with van der Waals surface area (Å²) in [6.45, 7) is 3.09. The summed E-state index contributed by atoms with van der Waals surface area (Å²) < 4.78 is 45.4. The van der Waals surface area contributed by atoms with Crippen LogP contribution in [0.4, 0.5) is 17.6 Å². The van der Waals surface area contributed by atoms with Crippen LogP contribution in [0.2, 0.25) is 0 Å². The maximum Gasteiger partial charge on any atom is 0.490 e. The second-order valence-corrected chi connectivity index (χ2v) is 8.09. The number of benzene rings is 1. The van der Waals surface area contributed by atoms with Crippen LogP contribution in [0.3, 0.4) is 0 Å². The number of carboxylic acid groups (broad SMARTS) is 1. The lowest BCUT2D eigenvalue weighted by atomic mass is 10.1. The van der Waals surface area contributed by atoms with Crippen molar-refractivity contribution in [1.29, 1.82) is 5.41 Å². The zero-order valence-corrected chi connectivity index (χ0v) is 22.3. The molecule has 0 saturated heterocycles. The lowest BCUT2D eigenvalue weighted by molar-refractivity contribution is -0.192. The molecular formula is C24H31F4N9O5. The third-order valence-electron chi connectivity index (χ3n) is 4.75. The number of hydrogen-bond acceptors (Lipinski definition) is 9. The number of halogens is 4. The van der Waals surface area contributed by atoms with E-state index in [1.807, 2.05) is 11.8 Å². The van der Waals surface area contributed by atoms with E-state index in [-0.39, 0.29) is 49.0 Å². The maximum atomic E-state index is 13.6.